The van der Waals surface area contributed by atoms with E-state index in [1.54, 1.807) is 13.0 Å². The molecule has 1 N–H and O–H groups in total. The fourth-order valence-electron chi connectivity index (χ4n) is 4.73. The summed E-state index contributed by atoms with van der Waals surface area (Å²) in [5.41, 5.74) is 4.86. The Bertz CT molecular complexity index is 1510. The van der Waals surface area contributed by atoms with Gasteiger partial charge >= 0.3 is 12.1 Å². The van der Waals surface area contributed by atoms with E-state index in [2.05, 4.69) is 27.3 Å². The molecule has 4 aromatic rings. The molecule has 5 nitrogen and oxygen atoms in total. The molecule has 200 valence electrons. The van der Waals surface area contributed by atoms with Gasteiger partial charge in [-0.05, 0) is 71.4 Å². The lowest BCUT2D eigenvalue weighted by Crippen LogP contribution is -2.23. The van der Waals surface area contributed by atoms with Gasteiger partial charge in [0.15, 0.2) is 0 Å². The number of ether oxygens (including phenoxy) is 2. The van der Waals surface area contributed by atoms with Crippen LogP contribution in [0.4, 0.5) is 10.5 Å². The van der Waals surface area contributed by atoms with Crippen molar-refractivity contribution in [1.82, 2.24) is 0 Å². The summed E-state index contributed by atoms with van der Waals surface area (Å²) in [6.45, 7) is 4.00. The molecule has 1 fully saturated rings. The minimum absolute atomic E-state index is 0.145. The Morgan fingerprint density at radius 3 is 2.36 bits per heavy atom. The van der Waals surface area contributed by atoms with Crippen LogP contribution < -0.4 is 5.32 Å². The number of rotatable bonds is 8. The molecule has 1 atom stereocenters. The largest absolute Gasteiger partial charge is 0.465 e. The highest BCUT2D eigenvalue weighted by molar-refractivity contribution is 9.11. The van der Waals surface area contributed by atoms with Crippen LogP contribution in [0, 0.1) is 0 Å². The van der Waals surface area contributed by atoms with Crippen LogP contribution in [0.15, 0.2) is 82.6 Å². The number of anilines is 1. The van der Waals surface area contributed by atoms with E-state index in [4.69, 9.17) is 21.1 Å². The fourth-order valence-corrected chi connectivity index (χ4v) is 6.61. The first kappa shape index (κ1) is 27.4. The number of nitrogens with one attached hydrogen (secondary N) is 1. The molecule has 1 aliphatic rings. The summed E-state index contributed by atoms with van der Waals surface area (Å²) in [5, 5.41) is 3.46. The smallest absolute Gasteiger partial charge is 0.412 e. The van der Waals surface area contributed by atoms with E-state index >= 15 is 0 Å². The van der Waals surface area contributed by atoms with E-state index in [9.17, 15) is 9.59 Å². The average molecular weight is 625 g/mol. The second-order valence-corrected chi connectivity index (χ2v) is 12.3. The molecule has 0 radical (unpaired) electrons. The van der Waals surface area contributed by atoms with Crippen LogP contribution in [0.1, 0.15) is 43.9 Å². The lowest BCUT2D eigenvalue weighted by atomic mass is 9.92. The number of amides is 1. The van der Waals surface area contributed by atoms with Crippen LogP contribution in [0.2, 0.25) is 5.02 Å². The Morgan fingerprint density at radius 1 is 1.03 bits per heavy atom. The summed E-state index contributed by atoms with van der Waals surface area (Å²) in [6, 6.07) is 25.4. The van der Waals surface area contributed by atoms with Gasteiger partial charge in [-0.3, -0.25) is 10.1 Å². The van der Waals surface area contributed by atoms with Gasteiger partial charge in [-0.1, -0.05) is 78.3 Å². The monoisotopic (exact) mass is 623 g/mol. The molecule has 1 saturated carbocycles. The van der Waals surface area contributed by atoms with Crippen molar-refractivity contribution in [3.63, 3.8) is 0 Å². The van der Waals surface area contributed by atoms with Gasteiger partial charge in [0.1, 0.15) is 6.10 Å². The first-order valence-corrected chi connectivity index (χ1v) is 14.7. The topological polar surface area (TPSA) is 64.6 Å². The van der Waals surface area contributed by atoms with E-state index in [-0.39, 0.29) is 5.97 Å². The van der Waals surface area contributed by atoms with Crippen molar-refractivity contribution < 1.29 is 19.1 Å². The van der Waals surface area contributed by atoms with Gasteiger partial charge in [0.05, 0.1) is 26.4 Å². The van der Waals surface area contributed by atoms with E-state index in [1.807, 2.05) is 73.7 Å². The van der Waals surface area contributed by atoms with Crippen LogP contribution in [0.25, 0.3) is 21.6 Å². The zero-order valence-electron chi connectivity index (χ0n) is 21.5. The second kappa shape index (κ2) is 11.5. The van der Waals surface area contributed by atoms with Crippen LogP contribution >= 0.6 is 38.9 Å². The van der Waals surface area contributed by atoms with Crippen molar-refractivity contribution in [2.24, 2.45) is 0 Å². The first-order valence-electron chi connectivity index (χ1n) is 12.7. The predicted octanol–water partition coefficient (Wildman–Crippen LogP) is 9.40. The maximum Gasteiger partial charge on any atom is 0.412 e. The number of carbonyl (C=O) groups is 2. The molecule has 8 heteroatoms. The molecule has 3 aromatic carbocycles. The van der Waals surface area contributed by atoms with Crippen molar-refractivity contribution in [1.29, 1.82) is 0 Å². The molecule has 0 aliphatic heterocycles. The normalized spacial score (nSPS) is 14.4. The number of benzene rings is 3. The van der Waals surface area contributed by atoms with Crippen LogP contribution in [0.5, 0.6) is 0 Å². The Labute approximate surface area is 245 Å². The summed E-state index contributed by atoms with van der Waals surface area (Å²) in [5.74, 6) is -0.145. The molecule has 39 heavy (non-hydrogen) atoms. The van der Waals surface area contributed by atoms with Crippen molar-refractivity contribution in [3.05, 3.63) is 98.8 Å². The Kier molecular flexibility index (Phi) is 8.12. The molecular formula is C31H27BrClNO4S. The third-order valence-corrected chi connectivity index (χ3v) is 8.92. The third-order valence-electron chi connectivity index (χ3n) is 6.90. The Balaban J connectivity index is 1.39. The maximum absolute atomic E-state index is 12.9. The van der Waals surface area contributed by atoms with Crippen LogP contribution in [0.3, 0.4) is 0 Å². The van der Waals surface area contributed by atoms with Gasteiger partial charge in [0.25, 0.3) is 0 Å². The lowest BCUT2D eigenvalue weighted by Gasteiger charge is -2.17. The standard InChI is InChI=1S/C31H27BrClNO4S/c1-3-37-29(35)31(16-17-31)21-14-12-20(13-15-21)23-9-4-5-10-24(23)28-26(18-27(32)39-28)34-30(36)38-19(2)22-8-6-7-11-25(22)33/h4-15,18-19H,3,16-17H2,1-2H3,(H,34,36). The molecule has 1 unspecified atom stereocenters. The van der Waals surface area contributed by atoms with Crippen molar-refractivity contribution in [2.45, 2.75) is 38.2 Å². The Hall–Kier alpha value is -3.13. The van der Waals surface area contributed by atoms with E-state index < -0.39 is 17.6 Å². The summed E-state index contributed by atoms with van der Waals surface area (Å²) < 4.78 is 11.8. The zero-order chi connectivity index (χ0) is 27.6. The van der Waals surface area contributed by atoms with Gasteiger partial charge in [-0.25, -0.2) is 4.79 Å². The summed E-state index contributed by atoms with van der Waals surface area (Å²) in [4.78, 5) is 26.3. The first-order chi connectivity index (χ1) is 18.8. The van der Waals surface area contributed by atoms with Crippen molar-refractivity contribution in [3.8, 4) is 21.6 Å². The molecule has 1 aliphatic carbocycles. The molecular weight excluding hydrogens is 598 g/mol. The molecule has 1 aromatic heterocycles. The predicted molar refractivity (Wildman–Crippen MR) is 160 cm³/mol. The summed E-state index contributed by atoms with van der Waals surface area (Å²) in [6.07, 6.45) is 0.542. The van der Waals surface area contributed by atoms with E-state index in [0.29, 0.717) is 17.3 Å². The summed E-state index contributed by atoms with van der Waals surface area (Å²) in [7, 11) is 0. The van der Waals surface area contributed by atoms with Crippen molar-refractivity contribution in [2.75, 3.05) is 11.9 Å². The minimum atomic E-state index is -0.565. The number of thiophene rings is 1. The highest BCUT2D eigenvalue weighted by Gasteiger charge is 2.52. The SMILES string of the molecule is CCOC(=O)C1(c2ccc(-c3ccccc3-c3sc(Br)cc3NC(=O)OC(C)c3ccccc3Cl)cc2)CC1. The maximum atomic E-state index is 12.9. The van der Waals surface area contributed by atoms with Gasteiger partial charge < -0.3 is 9.47 Å². The number of halogens is 2. The number of hydrogen-bond donors (Lipinski definition) is 1. The minimum Gasteiger partial charge on any atom is -0.465 e. The van der Waals surface area contributed by atoms with Gasteiger partial charge in [-0.2, -0.15) is 0 Å². The van der Waals surface area contributed by atoms with Crippen LogP contribution in [-0.4, -0.2) is 18.7 Å². The molecule has 0 saturated heterocycles. The highest BCUT2D eigenvalue weighted by Crippen LogP contribution is 2.50. The second-order valence-electron chi connectivity index (χ2n) is 9.41. The Morgan fingerprint density at radius 2 is 1.69 bits per heavy atom. The molecule has 0 spiro atoms. The summed E-state index contributed by atoms with van der Waals surface area (Å²) >= 11 is 11.4. The average Bonchev–Trinajstić information content (AvgIpc) is 3.67. The van der Waals surface area contributed by atoms with Crippen molar-refractivity contribution >= 4 is 56.6 Å². The lowest BCUT2D eigenvalue weighted by molar-refractivity contribution is -0.146. The van der Waals surface area contributed by atoms with Gasteiger partial charge in [0.2, 0.25) is 0 Å². The number of hydrogen-bond acceptors (Lipinski definition) is 5. The zero-order valence-corrected chi connectivity index (χ0v) is 24.7. The molecule has 5 rings (SSSR count). The number of esters is 1. The fraction of sp³-hybridized carbons (Fsp3) is 0.226. The molecule has 1 heterocycles. The molecule has 0 bridgehead atoms. The molecule has 1 amide bonds. The van der Waals surface area contributed by atoms with Gasteiger partial charge in [-0.15, -0.1) is 11.3 Å². The van der Waals surface area contributed by atoms with E-state index in [0.717, 1.165) is 49.3 Å². The third kappa shape index (κ3) is 5.76. The van der Waals surface area contributed by atoms with Crippen LogP contribution in [-0.2, 0) is 19.7 Å². The van der Waals surface area contributed by atoms with Gasteiger partial charge in [0, 0.05) is 16.1 Å². The quantitative estimate of drug-likeness (QED) is 0.198. The van der Waals surface area contributed by atoms with E-state index in [1.165, 1.54) is 11.3 Å². The highest BCUT2D eigenvalue weighted by atomic mass is 79.9. The number of carbonyl (C=O) groups excluding carboxylic acids is 2.